The summed E-state index contributed by atoms with van der Waals surface area (Å²) in [6.07, 6.45) is 3.22. The van der Waals surface area contributed by atoms with Crippen LogP contribution in [0.3, 0.4) is 0 Å². The molecule has 1 saturated heterocycles. The molecule has 134 valence electrons. The van der Waals surface area contributed by atoms with Gasteiger partial charge in [-0.2, -0.15) is 5.26 Å². The topological polar surface area (TPSA) is 69.2 Å². The molecule has 3 heterocycles. The number of fused-ring (bicyclic) bond motifs is 4. The highest BCUT2D eigenvalue weighted by atomic mass is 15.2. The van der Waals surface area contributed by atoms with E-state index in [0.29, 0.717) is 23.5 Å². The number of pyridine rings is 1. The molecule has 26 heavy (non-hydrogen) atoms. The van der Waals surface area contributed by atoms with Crippen LogP contribution in [0.25, 0.3) is 11.1 Å². The van der Waals surface area contributed by atoms with Crippen molar-refractivity contribution in [3.05, 3.63) is 46.6 Å². The van der Waals surface area contributed by atoms with Crippen LogP contribution in [0.4, 0.5) is 5.82 Å². The minimum atomic E-state index is 0.330. The molecule has 2 aliphatic rings. The lowest BCUT2D eigenvalue weighted by molar-refractivity contribution is 0.222. The highest BCUT2D eigenvalue weighted by molar-refractivity contribution is 5.80. The Balaban J connectivity index is 1.94. The molecule has 1 fully saturated rings. The third-order valence-electron chi connectivity index (χ3n) is 5.77. The average Bonchev–Trinajstić information content (AvgIpc) is 2.84. The van der Waals surface area contributed by atoms with Gasteiger partial charge < -0.3 is 10.6 Å². The summed E-state index contributed by atoms with van der Waals surface area (Å²) in [6, 6.07) is 11.7. The predicted molar refractivity (Wildman–Crippen MR) is 103 cm³/mol. The van der Waals surface area contributed by atoms with Gasteiger partial charge >= 0.3 is 0 Å². The summed E-state index contributed by atoms with van der Waals surface area (Å²) in [5, 5.41) is 9.82. The second kappa shape index (κ2) is 6.39. The van der Waals surface area contributed by atoms with Gasteiger partial charge in [-0.1, -0.05) is 18.2 Å². The fourth-order valence-corrected chi connectivity index (χ4v) is 4.62. The summed E-state index contributed by atoms with van der Waals surface area (Å²) in [5.41, 5.74) is 12.3. The molecule has 0 unspecified atom stereocenters. The maximum atomic E-state index is 9.82. The minimum absolute atomic E-state index is 0.330. The highest BCUT2D eigenvalue weighted by Gasteiger charge is 2.40. The molecule has 2 atom stereocenters. The summed E-state index contributed by atoms with van der Waals surface area (Å²) in [6.45, 7) is 0.865. The van der Waals surface area contributed by atoms with Crippen LogP contribution in [0.1, 0.15) is 41.3 Å². The van der Waals surface area contributed by atoms with E-state index in [9.17, 15) is 5.26 Å². The Morgan fingerprint density at radius 1 is 1.35 bits per heavy atom. The third kappa shape index (κ3) is 2.66. The standard InChI is InChI=1S/C21H25N5/c1-25(2)12-13-5-4-6-14(9-13)19-16(11-22)21(23)24-17-10-15-7-8-18(20(17)19)26(15)3/h4-6,9,15,18H,7-8,10,12H2,1-3H3,(H2,23,24)/t15-,18+/m0/s1. The van der Waals surface area contributed by atoms with Gasteiger partial charge in [0, 0.05) is 41.9 Å². The molecule has 0 amide bonds. The molecule has 1 aromatic heterocycles. The number of aromatic nitrogens is 1. The Morgan fingerprint density at radius 3 is 2.88 bits per heavy atom. The molecule has 5 nitrogen and oxygen atoms in total. The Morgan fingerprint density at radius 2 is 2.15 bits per heavy atom. The zero-order chi connectivity index (χ0) is 18.4. The zero-order valence-electron chi connectivity index (χ0n) is 15.7. The predicted octanol–water partition coefficient (Wildman–Crippen LogP) is 2.96. The fourth-order valence-electron chi connectivity index (χ4n) is 4.62. The maximum absolute atomic E-state index is 9.82. The molecule has 2 bridgehead atoms. The van der Waals surface area contributed by atoms with Crippen molar-refractivity contribution in [1.82, 2.24) is 14.8 Å². The number of benzene rings is 1. The van der Waals surface area contributed by atoms with E-state index in [4.69, 9.17) is 5.73 Å². The van der Waals surface area contributed by atoms with Crippen molar-refractivity contribution in [2.45, 2.75) is 37.9 Å². The quantitative estimate of drug-likeness (QED) is 0.924. The molecule has 2 aromatic rings. The smallest absolute Gasteiger partial charge is 0.142 e. The second-order valence-electron chi connectivity index (χ2n) is 7.77. The van der Waals surface area contributed by atoms with Crippen LogP contribution >= 0.6 is 0 Å². The van der Waals surface area contributed by atoms with Crippen LogP contribution in [0.5, 0.6) is 0 Å². The van der Waals surface area contributed by atoms with Gasteiger partial charge in [0.25, 0.3) is 0 Å². The zero-order valence-corrected chi connectivity index (χ0v) is 15.7. The van der Waals surface area contributed by atoms with Gasteiger partial charge in [-0.25, -0.2) is 4.98 Å². The summed E-state index contributed by atoms with van der Waals surface area (Å²) >= 11 is 0. The maximum Gasteiger partial charge on any atom is 0.142 e. The van der Waals surface area contributed by atoms with Gasteiger partial charge in [0.15, 0.2) is 0 Å². The van der Waals surface area contributed by atoms with Crippen molar-refractivity contribution in [2.24, 2.45) is 0 Å². The first-order valence-electron chi connectivity index (χ1n) is 9.18. The number of anilines is 1. The molecule has 0 radical (unpaired) electrons. The molecule has 5 heteroatoms. The number of nitrogens with zero attached hydrogens (tertiary/aromatic N) is 4. The number of hydrogen-bond acceptors (Lipinski definition) is 5. The summed E-state index contributed by atoms with van der Waals surface area (Å²) in [5.74, 6) is 0.364. The molecular formula is C21H25N5. The number of likely N-dealkylation sites (N-methyl/N-ethyl adjacent to an activating group) is 1. The van der Waals surface area contributed by atoms with Crippen molar-refractivity contribution in [3.63, 3.8) is 0 Å². The molecule has 0 spiro atoms. The Bertz CT molecular complexity index is 896. The minimum Gasteiger partial charge on any atom is -0.383 e. The van der Waals surface area contributed by atoms with Crippen LogP contribution < -0.4 is 5.73 Å². The lowest BCUT2D eigenvalue weighted by Crippen LogP contribution is -2.35. The van der Waals surface area contributed by atoms with E-state index in [0.717, 1.165) is 36.2 Å². The van der Waals surface area contributed by atoms with Gasteiger partial charge in [-0.05, 0) is 51.2 Å². The Hall–Kier alpha value is -2.42. The normalized spacial score (nSPS) is 21.7. The molecule has 1 aromatic carbocycles. The third-order valence-corrected chi connectivity index (χ3v) is 5.77. The van der Waals surface area contributed by atoms with Crippen molar-refractivity contribution in [3.8, 4) is 17.2 Å². The van der Waals surface area contributed by atoms with E-state index >= 15 is 0 Å². The van der Waals surface area contributed by atoms with E-state index in [1.165, 1.54) is 17.5 Å². The van der Waals surface area contributed by atoms with Crippen molar-refractivity contribution >= 4 is 5.82 Å². The van der Waals surface area contributed by atoms with Crippen LogP contribution in [-0.4, -0.2) is 42.0 Å². The molecule has 0 aliphatic carbocycles. The summed E-state index contributed by atoms with van der Waals surface area (Å²) in [7, 11) is 6.32. The van der Waals surface area contributed by atoms with Gasteiger partial charge in [0.2, 0.25) is 0 Å². The van der Waals surface area contributed by atoms with Crippen LogP contribution in [-0.2, 0) is 13.0 Å². The van der Waals surface area contributed by atoms with Gasteiger partial charge in [0.05, 0.1) is 0 Å². The lowest BCUT2D eigenvalue weighted by Gasteiger charge is -2.34. The SMILES string of the molecule is CN(C)Cc1cccc(-c2c(C#N)c(N)nc3c2[C@H]2CC[C@@H](C3)N2C)c1. The van der Waals surface area contributed by atoms with E-state index < -0.39 is 0 Å². The molecule has 4 rings (SSSR count). The molecule has 0 saturated carbocycles. The van der Waals surface area contributed by atoms with Crippen molar-refractivity contribution < 1.29 is 0 Å². The number of rotatable bonds is 3. The fraction of sp³-hybridized carbons (Fsp3) is 0.429. The molecule has 2 aliphatic heterocycles. The second-order valence-corrected chi connectivity index (χ2v) is 7.77. The van der Waals surface area contributed by atoms with Crippen molar-refractivity contribution in [1.29, 1.82) is 5.26 Å². The average molecular weight is 347 g/mol. The molecule has 2 N–H and O–H groups in total. The Kier molecular flexibility index (Phi) is 4.18. The monoisotopic (exact) mass is 347 g/mol. The van der Waals surface area contributed by atoms with Crippen LogP contribution in [0.2, 0.25) is 0 Å². The van der Waals surface area contributed by atoms with E-state index in [-0.39, 0.29) is 0 Å². The van der Waals surface area contributed by atoms with Crippen LogP contribution in [0.15, 0.2) is 24.3 Å². The van der Waals surface area contributed by atoms with E-state index in [2.05, 4.69) is 66.3 Å². The van der Waals surface area contributed by atoms with Gasteiger partial charge in [-0.15, -0.1) is 0 Å². The van der Waals surface area contributed by atoms with Gasteiger partial charge in [-0.3, -0.25) is 4.90 Å². The number of nitrogen functional groups attached to an aromatic ring is 1. The van der Waals surface area contributed by atoms with Gasteiger partial charge in [0.1, 0.15) is 17.5 Å². The number of nitrogens with two attached hydrogens (primary N) is 1. The number of hydrogen-bond donors (Lipinski definition) is 1. The first-order chi connectivity index (χ1) is 12.5. The largest absolute Gasteiger partial charge is 0.383 e. The van der Waals surface area contributed by atoms with E-state index in [1.54, 1.807) is 0 Å². The van der Waals surface area contributed by atoms with Crippen LogP contribution in [0, 0.1) is 11.3 Å². The highest BCUT2D eigenvalue weighted by Crippen LogP contribution is 2.47. The first-order valence-corrected chi connectivity index (χ1v) is 9.18. The molecular weight excluding hydrogens is 322 g/mol. The summed E-state index contributed by atoms with van der Waals surface area (Å²) < 4.78 is 0. The van der Waals surface area contributed by atoms with E-state index in [1.807, 2.05) is 0 Å². The lowest BCUT2D eigenvalue weighted by atomic mass is 9.86. The van der Waals surface area contributed by atoms with Crippen molar-refractivity contribution in [2.75, 3.05) is 26.9 Å². The number of nitriles is 1. The Labute approximate surface area is 155 Å². The first kappa shape index (κ1) is 17.0. The summed E-state index contributed by atoms with van der Waals surface area (Å²) in [4.78, 5) is 9.24.